The number of benzene rings is 2. The first-order chi connectivity index (χ1) is 15.5. The maximum Gasteiger partial charge on any atom is 0.278 e. The number of ether oxygens (including phenoxy) is 2. The summed E-state index contributed by atoms with van der Waals surface area (Å²) in [5, 5.41) is 3.64. The van der Waals surface area contributed by atoms with Gasteiger partial charge in [-0.25, -0.2) is 0 Å². The van der Waals surface area contributed by atoms with Gasteiger partial charge in [-0.15, -0.1) is 0 Å². The van der Waals surface area contributed by atoms with Gasteiger partial charge in [0.1, 0.15) is 17.2 Å². The van der Waals surface area contributed by atoms with Crippen LogP contribution in [-0.2, 0) is 16.1 Å². The zero-order valence-corrected chi connectivity index (χ0v) is 18.2. The van der Waals surface area contributed by atoms with E-state index in [-0.39, 0.29) is 17.8 Å². The zero-order chi connectivity index (χ0) is 22.7. The molecule has 7 nitrogen and oxygen atoms in total. The number of pyridine rings is 1. The van der Waals surface area contributed by atoms with E-state index in [9.17, 15) is 9.59 Å². The van der Waals surface area contributed by atoms with E-state index in [4.69, 9.17) is 21.1 Å². The fraction of sp³-hybridized carbons (Fsp3) is 0.125. The molecular formula is C24H20ClN3O4. The van der Waals surface area contributed by atoms with Crippen LogP contribution in [0, 0.1) is 0 Å². The van der Waals surface area contributed by atoms with Gasteiger partial charge in [-0.1, -0.05) is 29.8 Å². The van der Waals surface area contributed by atoms with Crippen molar-refractivity contribution >= 4 is 34.7 Å². The molecule has 4 rings (SSSR count). The standard InChI is InChI=1S/C24H20ClN3O4/c1-31-18-9-10-19(20(12-18)32-2)27-22-21(16-5-7-17(25)8-6-16)23(29)28(24(22)30)14-15-4-3-11-26-13-15/h3-13,27H,14H2,1-2H3. The Hall–Kier alpha value is -3.84. The number of nitrogens with one attached hydrogen (secondary N) is 1. The number of imide groups is 1. The number of halogens is 1. The highest BCUT2D eigenvalue weighted by Gasteiger charge is 2.39. The first-order valence-electron chi connectivity index (χ1n) is 9.76. The molecule has 1 N–H and O–H groups in total. The monoisotopic (exact) mass is 449 g/mol. The summed E-state index contributed by atoms with van der Waals surface area (Å²) in [4.78, 5) is 32.0. The number of carbonyl (C=O) groups is 2. The fourth-order valence-electron chi connectivity index (χ4n) is 3.43. The molecule has 3 aromatic rings. The van der Waals surface area contributed by atoms with Crippen molar-refractivity contribution in [3.8, 4) is 11.5 Å². The minimum absolute atomic E-state index is 0.105. The van der Waals surface area contributed by atoms with Gasteiger partial charge in [-0.3, -0.25) is 19.5 Å². The van der Waals surface area contributed by atoms with E-state index in [0.717, 1.165) is 5.56 Å². The molecule has 0 radical (unpaired) electrons. The Balaban J connectivity index is 1.76. The minimum Gasteiger partial charge on any atom is -0.497 e. The Bertz CT molecular complexity index is 1190. The van der Waals surface area contributed by atoms with Crippen molar-refractivity contribution in [2.45, 2.75) is 6.54 Å². The average molecular weight is 450 g/mol. The predicted molar refractivity (Wildman–Crippen MR) is 121 cm³/mol. The van der Waals surface area contributed by atoms with E-state index in [1.165, 1.54) is 12.0 Å². The molecule has 0 saturated carbocycles. The van der Waals surface area contributed by atoms with Gasteiger partial charge in [0.05, 0.1) is 32.0 Å². The molecule has 162 valence electrons. The second-order valence-electron chi connectivity index (χ2n) is 7.01. The van der Waals surface area contributed by atoms with Gasteiger partial charge in [0.25, 0.3) is 11.8 Å². The van der Waals surface area contributed by atoms with Crippen LogP contribution in [0.2, 0.25) is 5.02 Å². The topological polar surface area (TPSA) is 80.8 Å². The minimum atomic E-state index is -0.443. The third-order valence-electron chi connectivity index (χ3n) is 5.03. The number of aromatic nitrogens is 1. The van der Waals surface area contributed by atoms with Crippen LogP contribution in [0.3, 0.4) is 0 Å². The maximum atomic E-state index is 13.4. The molecule has 0 aliphatic carbocycles. The van der Waals surface area contributed by atoms with Gasteiger partial charge in [0.15, 0.2) is 0 Å². The van der Waals surface area contributed by atoms with Crippen LogP contribution >= 0.6 is 11.6 Å². The number of hydrogen-bond acceptors (Lipinski definition) is 6. The van der Waals surface area contributed by atoms with E-state index in [0.29, 0.717) is 27.8 Å². The fourth-order valence-corrected chi connectivity index (χ4v) is 3.56. The molecule has 1 aromatic heterocycles. The van der Waals surface area contributed by atoms with E-state index in [1.54, 1.807) is 68.0 Å². The molecule has 1 aliphatic rings. The molecule has 1 aliphatic heterocycles. The van der Waals surface area contributed by atoms with Crippen molar-refractivity contribution in [3.63, 3.8) is 0 Å². The lowest BCUT2D eigenvalue weighted by Crippen LogP contribution is -2.32. The quantitative estimate of drug-likeness (QED) is 0.546. The van der Waals surface area contributed by atoms with Crippen LogP contribution in [-0.4, -0.2) is 35.9 Å². The molecule has 0 spiro atoms. The van der Waals surface area contributed by atoms with Crippen LogP contribution < -0.4 is 14.8 Å². The summed E-state index contributed by atoms with van der Waals surface area (Å²) in [6.07, 6.45) is 3.26. The van der Waals surface area contributed by atoms with Crippen LogP contribution in [0.15, 0.2) is 72.7 Å². The van der Waals surface area contributed by atoms with Gasteiger partial charge in [0.2, 0.25) is 0 Å². The number of carbonyl (C=O) groups excluding carboxylic acids is 2. The normalized spacial score (nSPS) is 13.5. The highest BCUT2D eigenvalue weighted by atomic mass is 35.5. The van der Waals surface area contributed by atoms with Crippen LogP contribution in [0.5, 0.6) is 11.5 Å². The number of rotatable bonds is 7. The molecule has 0 unspecified atom stereocenters. The third kappa shape index (κ3) is 4.15. The highest BCUT2D eigenvalue weighted by Crippen LogP contribution is 2.35. The Kier molecular flexibility index (Phi) is 6.09. The second kappa shape index (κ2) is 9.11. The molecule has 2 aromatic carbocycles. The summed E-state index contributed by atoms with van der Waals surface area (Å²) in [5.74, 6) is 0.224. The summed E-state index contributed by atoms with van der Waals surface area (Å²) >= 11 is 6.02. The Morgan fingerprint density at radius 1 is 1.00 bits per heavy atom. The second-order valence-corrected chi connectivity index (χ2v) is 7.44. The van der Waals surface area contributed by atoms with Crippen molar-refractivity contribution in [2.75, 3.05) is 19.5 Å². The maximum absolute atomic E-state index is 13.4. The number of amides is 2. The summed E-state index contributed by atoms with van der Waals surface area (Å²) in [5.41, 5.74) is 2.27. The van der Waals surface area contributed by atoms with Crippen LogP contribution in [0.4, 0.5) is 5.69 Å². The average Bonchev–Trinajstić information content (AvgIpc) is 3.05. The largest absolute Gasteiger partial charge is 0.497 e. The lowest BCUT2D eigenvalue weighted by atomic mass is 10.0. The lowest BCUT2D eigenvalue weighted by molar-refractivity contribution is -0.137. The first kappa shape index (κ1) is 21.4. The lowest BCUT2D eigenvalue weighted by Gasteiger charge is -2.16. The molecule has 2 amide bonds. The Labute approximate surface area is 190 Å². The highest BCUT2D eigenvalue weighted by molar-refractivity contribution is 6.36. The molecule has 0 saturated heterocycles. The summed E-state index contributed by atoms with van der Waals surface area (Å²) < 4.78 is 10.7. The van der Waals surface area contributed by atoms with Crippen LogP contribution in [0.25, 0.3) is 5.57 Å². The van der Waals surface area contributed by atoms with Crippen molar-refractivity contribution in [3.05, 3.63) is 88.8 Å². The smallest absolute Gasteiger partial charge is 0.278 e. The SMILES string of the molecule is COc1ccc(NC2=C(c3ccc(Cl)cc3)C(=O)N(Cc3cccnc3)C2=O)c(OC)c1. The van der Waals surface area contributed by atoms with Crippen molar-refractivity contribution in [2.24, 2.45) is 0 Å². The number of nitrogens with zero attached hydrogens (tertiary/aromatic N) is 2. The van der Waals surface area contributed by atoms with Gasteiger partial charge < -0.3 is 14.8 Å². The van der Waals surface area contributed by atoms with Crippen LogP contribution in [0.1, 0.15) is 11.1 Å². The number of hydrogen-bond donors (Lipinski definition) is 1. The number of anilines is 1. The number of methoxy groups -OCH3 is 2. The van der Waals surface area contributed by atoms with E-state index >= 15 is 0 Å². The predicted octanol–water partition coefficient (Wildman–Crippen LogP) is 4.14. The summed E-state index contributed by atoms with van der Waals surface area (Å²) in [7, 11) is 3.07. The van der Waals surface area contributed by atoms with Crippen molar-refractivity contribution in [1.82, 2.24) is 9.88 Å². The Morgan fingerprint density at radius 2 is 1.78 bits per heavy atom. The van der Waals surface area contributed by atoms with E-state index in [2.05, 4.69) is 10.3 Å². The molecule has 32 heavy (non-hydrogen) atoms. The van der Waals surface area contributed by atoms with Gasteiger partial charge in [0, 0.05) is 23.5 Å². The van der Waals surface area contributed by atoms with Crippen molar-refractivity contribution in [1.29, 1.82) is 0 Å². The van der Waals surface area contributed by atoms with E-state index in [1.807, 2.05) is 6.07 Å². The molecule has 0 atom stereocenters. The van der Waals surface area contributed by atoms with E-state index < -0.39 is 11.8 Å². The zero-order valence-electron chi connectivity index (χ0n) is 17.5. The molecule has 0 bridgehead atoms. The first-order valence-corrected chi connectivity index (χ1v) is 10.1. The van der Waals surface area contributed by atoms with Crippen molar-refractivity contribution < 1.29 is 19.1 Å². The molecule has 0 fully saturated rings. The molecule has 2 heterocycles. The Morgan fingerprint density at radius 3 is 2.44 bits per heavy atom. The summed E-state index contributed by atoms with van der Waals surface area (Å²) in [6.45, 7) is 0.105. The molecular weight excluding hydrogens is 430 g/mol. The molecule has 8 heteroatoms. The van der Waals surface area contributed by atoms with Gasteiger partial charge >= 0.3 is 0 Å². The van der Waals surface area contributed by atoms with Gasteiger partial charge in [-0.05, 0) is 41.5 Å². The summed E-state index contributed by atoms with van der Waals surface area (Å²) in [6, 6.07) is 15.5. The van der Waals surface area contributed by atoms with Gasteiger partial charge in [-0.2, -0.15) is 0 Å². The third-order valence-corrected chi connectivity index (χ3v) is 5.28.